The van der Waals surface area contributed by atoms with Crippen molar-refractivity contribution >= 4 is 34.5 Å². The Hall–Kier alpha value is -2.67. The minimum Gasteiger partial charge on any atom is -0.443 e. The Kier molecular flexibility index (Phi) is 5.06. The summed E-state index contributed by atoms with van der Waals surface area (Å²) in [5.41, 5.74) is 2.83. The highest BCUT2D eigenvalue weighted by atomic mass is 35.5. The van der Waals surface area contributed by atoms with Gasteiger partial charge in [0, 0.05) is 36.9 Å². The number of hydrogen-bond donors (Lipinski definition) is 0. The third-order valence-corrected chi connectivity index (χ3v) is 4.38. The summed E-state index contributed by atoms with van der Waals surface area (Å²) in [6.07, 6.45) is 1.25. The average Bonchev–Trinajstić information content (AvgIpc) is 2.96. The molecule has 0 bridgehead atoms. The van der Waals surface area contributed by atoms with Crippen molar-refractivity contribution in [1.82, 2.24) is 19.7 Å². The number of rotatable bonds is 3. The van der Waals surface area contributed by atoms with Crippen molar-refractivity contribution in [3.8, 4) is 11.3 Å². The monoisotopic (exact) mass is 387 g/mol. The summed E-state index contributed by atoms with van der Waals surface area (Å²) < 4.78 is 7.31. The summed E-state index contributed by atoms with van der Waals surface area (Å²) >= 11 is 6.01. The molecule has 0 fully saturated rings. The number of aromatic nitrogens is 4. The maximum absolute atomic E-state index is 12.2. The van der Waals surface area contributed by atoms with Gasteiger partial charge >= 0.3 is 6.09 Å². The topological polar surface area (TPSA) is 73.1 Å². The van der Waals surface area contributed by atoms with Crippen LogP contribution in [0.2, 0.25) is 0 Å². The van der Waals surface area contributed by atoms with Gasteiger partial charge in [-0.05, 0) is 45.0 Å². The van der Waals surface area contributed by atoms with Crippen LogP contribution in [0.4, 0.5) is 10.6 Å². The lowest BCUT2D eigenvalue weighted by molar-refractivity contribution is 0.0588. The Morgan fingerprint density at radius 3 is 2.59 bits per heavy atom. The van der Waals surface area contributed by atoms with Crippen molar-refractivity contribution in [3.05, 3.63) is 36.2 Å². The zero-order chi connectivity index (χ0) is 19.8. The largest absolute Gasteiger partial charge is 0.443 e. The molecule has 3 aromatic rings. The lowest BCUT2D eigenvalue weighted by atomic mass is 10.1. The number of halogens is 1. The first kappa shape index (κ1) is 19.1. The lowest BCUT2D eigenvalue weighted by Crippen LogP contribution is -2.34. The van der Waals surface area contributed by atoms with E-state index in [0.717, 1.165) is 22.3 Å². The van der Waals surface area contributed by atoms with E-state index in [1.54, 1.807) is 19.3 Å². The van der Waals surface area contributed by atoms with Gasteiger partial charge in [0.25, 0.3) is 0 Å². The van der Waals surface area contributed by atoms with Gasteiger partial charge in [-0.25, -0.2) is 9.78 Å². The summed E-state index contributed by atoms with van der Waals surface area (Å²) in [6.45, 7) is 5.45. The van der Waals surface area contributed by atoms with Gasteiger partial charge in [0.15, 0.2) is 5.82 Å². The van der Waals surface area contributed by atoms with Crippen LogP contribution in [0.25, 0.3) is 22.3 Å². The van der Waals surface area contributed by atoms with E-state index in [0.29, 0.717) is 17.4 Å². The molecule has 7 nitrogen and oxygen atoms in total. The molecule has 3 aromatic heterocycles. The summed E-state index contributed by atoms with van der Waals surface area (Å²) in [6, 6.07) is 7.46. The SMILES string of the molecule is CN(C(=O)OC(C)(C)C)c1ccc(-c2ccnc3c2cc(CCl)n3C)nn1. The summed E-state index contributed by atoms with van der Waals surface area (Å²) in [7, 11) is 3.54. The van der Waals surface area contributed by atoms with Crippen molar-refractivity contribution < 1.29 is 9.53 Å². The smallest absolute Gasteiger partial charge is 0.415 e. The number of alkyl halides is 1. The summed E-state index contributed by atoms with van der Waals surface area (Å²) in [5.74, 6) is 0.810. The number of anilines is 1. The Morgan fingerprint density at radius 1 is 1.26 bits per heavy atom. The van der Waals surface area contributed by atoms with Crippen LogP contribution in [-0.2, 0) is 17.7 Å². The Bertz CT molecular complexity index is 976. The molecule has 0 unspecified atom stereocenters. The van der Waals surface area contributed by atoms with E-state index in [-0.39, 0.29) is 0 Å². The molecule has 8 heteroatoms. The van der Waals surface area contributed by atoms with Crippen LogP contribution in [0.1, 0.15) is 26.5 Å². The fraction of sp³-hybridized carbons (Fsp3) is 0.368. The van der Waals surface area contributed by atoms with Gasteiger partial charge in [-0.3, -0.25) is 4.90 Å². The maximum atomic E-state index is 12.2. The predicted octanol–water partition coefficient (Wildman–Crippen LogP) is 4.14. The van der Waals surface area contributed by atoms with Gasteiger partial charge in [-0.2, -0.15) is 0 Å². The van der Waals surface area contributed by atoms with Crippen LogP contribution >= 0.6 is 11.6 Å². The third kappa shape index (κ3) is 3.88. The first-order valence-corrected chi connectivity index (χ1v) is 9.05. The van der Waals surface area contributed by atoms with Crippen LogP contribution in [0, 0.1) is 0 Å². The molecule has 0 aliphatic carbocycles. The van der Waals surface area contributed by atoms with Gasteiger partial charge in [0.1, 0.15) is 11.2 Å². The van der Waals surface area contributed by atoms with E-state index in [4.69, 9.17) is 16.3 Å². The number of pyridine rings is 1. The molecule has 1 amide bonds. The van der Waals surface area contributed by atoms with Crippen molar-refractivity contribution in [3.63, 3.8) is 0 Å². The molecule has 0 N–H and O–H groups in total. The molecule has 0 atom stereocenters. The zero-order valence-electron chi connectivity index (χ0n) is 16.0. The number of aryl methyl sites for hydroxylation is 1. The standard InChI is InChI=1S/C19H22ClN5O2/c1-19(2,3)27-18(26)25(5)16-7-6-15(22-23-16)13-8-9-21-17-14(13)10-12(11-20)24(17)4/h6-10H,11H2,1-5H3. The van der Waals surface area contributed by atoms with Crippen LogP contribution in [0.5, 0.6) is 0 Å². The van der Waals surface area contributed by atoms with E-state index < -0.39 is 11.7 Å². The molecule has 0 aromatic carbocycles. The predicted molar refractivity (Wildman–Crippen MR) is 106 cm³/mol. The fourth-order valence-electron chi connectivity index (χ4n) is 2.69. The van der Waals surface area contributed by atoms with Gasteiger partial charge < -0.3 is 9.30 Å². The number of amides is 1. The molecular formula is C19H22ClN5O2. The van der Waals surface area contributed by atoms with Crippen LogP contribution in [-0.4, -0.2) is 38.5 Å². The van der Waals surface area contributed by atoms with Crippen LogP contribution in [0.3, 0.4) is 0 Å². The molecular weight excluding hydrogens is 366 g/mol. The third-order valence-electron chi connectivity index (χ3n) is 4.10. The van der Waals surface area contributed by atoms with Gasteiger partial charge in [0.2, 0.25) is 0 Å². The quantitative estimate of drug-likeness (QED) is 0.631. The Labute approximate surface area is 162 Å². The molecule has 0 aliphatic heterocycles. The summed E-state index contributed by atoms with van der Waals surface area (Å²) in [5, 5.41) is 9.44. The normalized spacial score (nSPS) is 11.6. The second-order valence-electron chi connectivity index (χ2n) is 7.24. The van der Waals surface area contributed by atoms with Crippen molar-refractivity contribution in [2.45, 2.75) is 32.3 Å². The Balaban J connectivity index is 1.92. The van der Waals surface area contributed by atoms with Gasteiger partial charge in [-0.1, -0.05) is 0 Å². The van der Waals surface area contributed by atoms with Crippen molar-refractivity contribution in [2.75, 3.05) is 11.9 Å². The summed E-state index contributed by atoms with van der Waals surface area (Å²) in [4.78, 5) is 17.9. The first-order valence-electron chi connectivity index (χ1n) is 8.51. The van der Waals surface area contributed by atoms with E-state index in [9.17, 15) is 4.79 Å². The number of carbonyl (C=O) groups excluding carboxylic acids is 1. The average molecular weight is 388 g/mol. The Morgan fingerprint density at radius 2 is 2.00 bits per heavy atom. The maximum Gasteiger partial charge on any atom is 0.415 e. The number of fused-ring (bicyclic) bond motifs is 1. The molecule has 27 heavy (non-hydrogen) atoms. The van der Waals surface area contributed by atoms with Crippen molar-refractivity contribution in [2.24, 2.45) is 7.05 Å². The minimum absolute atomic E-state index is 0.400. The van der Waals surface area contributed by atoms with E-state index in [1.807, 2.05) is 50.6 Å². The second-order valence-corrected chi connectivity index (χ2v) is 7.51. The zero-order valence-corrected chi connectivity index (χ0v) is 16.8. The number of ether oxygens (including phenoxy) is 1. The van der Waals surface area contributed by atoms with Crippen molar-refractivity contribution in [1.29, 1.82) is 0 Å². The van der Waals surface area contributed by atoms with Crippen LogP contribution < -0.4 is 4.90 Å². The minimum atomic E-state index is -0.575. The van der Waals surface area contributed by atoms with E-state index in [2.05, 4.69) is 15.2 Å². The van der Waals surface area contributed by atoms with Crippen LogP contribution in [0.15, 0.2) is 30.5 Å². The number of nitrogens with zero attached hydrogens (tertiary/aromatic N) is 5. The molecule has 3 heterocycles. The molecule has 0 saturated carbocycles. The second kappa shape index (κ2) is 7.15. The fourth-order valence-corrected chi connectivity index (χ4v) is 2.95. The van der Waals surface area contributed by atoms with E-state index >= 15 is 0 Å². The lowest BCUT2D eigenvalue weighted by Gasteiger charge is -2.23. The highest BCUT2D eigenvalue weighted by molar-refractivity contribution is 6.17. The molecule has 0 aliphatic rings. The first-order chi connectivity index (χ1) is 12.7. The number of carbonyl (C=O) groups is 1. The molecule has 0 spiro atoms. The molecule has 0 saturated heterocycles. The number of hydrogen-bond acceptors (Lipinski definition) is 5. The van der Waals surface area contributed by atoms with E-state index in [1.165, 1.54) is 4.90 Å². The van der Waals surface area contributed by atoms with Gasteiger partial charge in [0.05, 0.1) is 11.6 Å². The molecule has 0 radical (unpaired) electrons. The van der Waals surface area contributed by atoms with Gasteiger partial charge in [-0.15, -0.1) is 21.8 Å². The highest BCUT2D eigenvalue weighted by Crippen LogP contribution is 2.29. The molecule has 142 valence electrons. The highest BCUT2D eigenvalue weighted by Gasteiger charge is 2.21. The molecule has 3 rings (SSSR count).